The van der Waals surface area contributed by atoms with Crippen LogP contribution in [0.1, 0.15) is 69.4 Å². The Balaban J connectivity index is 2.26. The van der Waals surface area contributed by atoms with Crippen LogP contribution in [-0.2, 0) is 12.7 Å². The third-order valence-electron chi connectivity index (χ3n) is 4.16. The summed E-state index contributed by atoms with van der Waals surface area (Å²) in [6, 6.07) is 5.87. The topological polar surface area (TPSA) is 3.24 Å². The SMILES string of the molecule is CCCCCCCCCCN(C)Cc1ccccc1C(F)(F)F. The number of hydrogen-bond donors (Lipinski definition) is 0. The molecule has 0 aromatic heterocycles. The van der Waals surface area contributed by atoms with Gasteiger partial charge in [-0.2, -0.15) is 13.2 Å². The van der Waals surface area contributed by atoms with Crippen LogP contribution in [0.4, 0.5) is 13.2 Å². The summed E-state index contributed by atoms with van der Waals surface area (Å²) in [7, 11) is 1.90. The number of benzene rings is 1. The van der Waals surface area contributed by atoms with Crippen LogP contribution in [0.2, 0.25) is 0 Å². The minimum absolute atomic E-state index is 0.353. The van der Waals surface area contributed by atoms with Crippen LogP contribution in [0.5, 0.6) is 0 Å². The Bertz CT molecular complexity index is 429. The van der Waals surface area contributed by atoms with Crippen molar-refractivity contribution < 1.29 is 13.2 Å². The van der Waals surface area contributed by atoms with E-state index in [1.807, 2.05) is 11.9 Å². The Labute approximate surface area is 138 Å². The second-order valence-corrected chi connectivity index (χ2v) is 6.37. The Hall–Kier alpha value is -1.03. The van der Waals surface area contributed by atoms with Crippen molar-refractivity contribution in [3.8, 4) is 0 Å². The minimum atomic E-state index is -4.27. The van der Waals surface area contributed by atoms with E-state index in [-0.39, 0.29) is 0 Å². The van der Waals surface area contributed by atoms with Gasteiger partial charge in [-0.15, -0.1) is 0 Å². The lowest BCUT2D eigenvalue weighted by atomic mass is 10.1. The average molecular weight is 329 g/mol. The van der Waals surface area contributed by atoms with Gasteiger partial charge in [0.1, 0.15) is 0 Å². The van der Waals surface area contributed by atoms with Gasteiger partial charge >= 0.3 is 6.18 Å². The maximum absolute atomic E-state index is 13.0. The van der Waals surface area contributed by atoms with Gasteiger partial charge in [-0.05, 0) is 31.6 Å². The summed E-state index contributed by atoms with van der Waals surface area (Å²) in [4.78, 5) is 1.99. The van der Waals surface area contributed by atoms with E-state index in [4.69, 9.17) is 0 Å². The highest BCUT2D eigenvalue weighted by molar-refractivity contribution is 5.29. The van der Waals surface area contributed by atoms with Crippen molar-refractivity contribution in [2.75, 3.05) is 13.6 Å². The van der Waals surface area contributed by atoms with Crippen LogP contribution in [0.3, 0.4) is 0 Å². The minimum Gasteiger partial charge on any atom is -0.302 e. The van der Waals surface area contributed by atoms with Crippen molar-refractivity contribution in [3.63, 3.8) is 0 Å². The average Bonchev–Trinajstić information content (AvgIpc) is 2.49. The molecular weight excluding hydrogens is 299 g/mol. The van der Waals surface area contributed by atoms with Gasteiger partial charge < -0.3 is 4.90 Å². The molecule has 0 N–H and O–H groups in total. The molecule has 1 nitrogen and oxygen atoms in total. The summed E-state index contributed by atoms with van der Waals surface area (Å²) in [5, 5.41) is 0. The zero-order valence-corrected chi connectivity index (χ0v) is 14.5. The molecule has 132 valence electrons. The molecule has 4 heteroatoms. The summed E-state index contributed by atoms with van der Waals surface area (Å²) >= 11 is 0. The lowest BCUT2D eigenvalue weighted by molar-refractivity contribution is -0.138. The maximum atomic E-state index is 13.0. The number of rotatable bonds is 11. The zero-order valence-electron chi connectivity index (χ0n) is 14.5. The Morgan fingerprint density at radius 2 is 1.43 bits per heavy atom. The number of alkyl halides is 3. The first-order valence-electron chi connectivity index (χ1n) is 8.78. The highest BCUT2D eigenvalue weighted by atomic mass is 19.4. The molecule has 0 bridgehead atoms. The lowest BCUT2D eigenvalue weighted by Crippen LogP contribution is -2.21. The van der Waals surface area contributed by atoms with Gasteiger partial charge in [-0.1, -0.05) is 70.1 Å². The molecule has 0 radical (unpaired) electrons. The van der Waals surface area contributed by atoms with E-state index < -0.39 is 11.7 Å². The molecule has 0 amide bonds. The van der Waals surface area contributed by atoms with Gasteiger partial charge in [0.05, 0.1) is 5.56 Å². The van der Waals surface area contributed by atoms with Crippen molar-refractivity contribution in [2.45, 2.75) is 71.0 Å². The standard InChI is InChI=1S/C19H30F3N/c1-3-4-5-6-7-8-9-12-15-23(2)16-17-13-10-11-14-18(17)19(20,21)22/h10-11,13-14H,3-9,12,15-16H2,1-2H3. The summed E-state index contributed by atoms with van der Waals surface area (Å²) in [6.45, 7) is 3.42. The van der Waals surface area contributed by atoms with Crippen LogP contribution in [0.25, 0.3) is 0 Å². The largest absolute Gasteiger partial charge is 0.416 e. The van der Waals surface area contributed by atoms with Crippen LogP contribution >= 0.6 is 0 Å². The number of nitrogens with zero attached hydrogens (tertiary/aromatic N) is 1. The first kappa shape index (κ1) is 20.0. The van der Waals surface area contributed by atoms with Crippen molar-refractivity contribution in [3.05, 3.63) is 35.4 Å². The molecule has 23 heavy (non-hydrogen) atoms. The first-order chi connectivity index (χ1) is 10.9. The maximum Gasteiger partial charge on any atom is 0.416 e. The van der Waals surface area contributed by atoms with E-state index in [0.717, 1.165) is 19.4 Å². The van der Waals surface area contributed by atoms with Gasteiger partial charge in [-0.3, -0.25) is 0 Å². The summed E-state index contributed by atoms with van der Waals surface area (Å²) < 4.78 is 38.9. The van der Waals surface area contributed by atoms with Crippen molar-refractivity contribution in [1.82, 2.24) is 4.90 Å². The van der Waals surface area contributed by atoms with Gasteiger partial charge in [-0.25, -0.2) is 0 Å². The quantitative estimate of drug-likeness (QED) is 0.432. The lowest BCUT2D eigenvalue weighted by Gasteiger charge is -2.19. The third-order valence-corrected chi connectivity index (χ3v) is 4.16. The Morgan fingerprint density at radius 3 is 2.04 bits per heavy atom. The monoisotopic (exact) mass is 329 g/mol. The molecule has 0 saturated carbocycles. The van der Waals surface area contributed by atoms with E-state index in [0.29, 0.717) is 12.1 Å². The van der Waals surface area contributed by atoms with Gasteiger partial charge in [0.2, 0.25) is 0 Å². The molecule has 1 aromatic carbocycles. The van der Waals surface area contributed by atoms with Crippen LogP contribution in [-0.4, -0.2) is 18.5 Å². The van der Waals surface area contributed by atoms with Crippen molar-refractivity contribution >= 4 is 0 Å². The number of halogens is 3. The van der Waals surface area contributed by atoms with Gasteiger partial charge in [0.15, 0.2) is 0 Å². The fourth-order valence-electron chi connectivity index (χ4n) is 2.82. The molecular formula is C19H30F3N. The molecule has 0 unspecified atom stereocenters. The molecule has 1 rings (SSSR count). The molecule has 0 spiro atoms. The molecule has 0 fully saturated rings. The normalized spacial score (nSPS) is 12.1. The Kier molecular flexibility index (Phi) is 9.30. The Morgan fingerprint density at radius 1 is 0.870 bits per heavy atom. The predicted octanol–water partition coefficient (Wildman–Crippen LogP) is 6.28. The van der Waals surface area contributed by atoms with E-state index in [1.54, 1.807) is 12.1 Å². The highest BCUT2D eigenvalue weighted by Gasteiger charge is 2.32. The summed E-state index contributed by atoms with van der Waals surface area (Å²) in [5.74, 6) is 0. The third kappa shape index (κ3) is 8.40. The van der Waals surface area contributed by atoms with Gasteiger partial charge in [0, 0.05) is 6.54 Å². The van der Waals surface area contributed by atoms with Crippen LogP contribution < -0.4 is 0 Å². The predicted molar refractivity (Wildman–Crippen MR) is 90.4 cm³/mol. The van der Waals surface area contributed by atoms with E-state index in [9.17, 15) is 13.2 Å². The first-order valence-corrected chi connectivity index (χ1v) is 8.78. The van der Waals surface area contributed by atoms with E-state index >= 15 is 0 Å². The summed E-state index contributed by atoms with van der Waals surface area (Å²) in [6.07, 6.45) is 5.68. The molecule has 0 aliphatic heterocycles. The van der Waals surface area contributed by atoms with Gasteiger partial charge in [0.25, 0.3) is 0 Å². The molecule has 0 atom stereocenters. The zero-order chi connectivity index (χ0) is 17.1. The second kappa shape index (κ2) is 10.7. The molecule has 0 saturated heterocycles. The molecule has 0 aliphatic rings. The molecule has 0 aliphatic carbocycles. The number of unbranched alkanes of at least 4 members (excludes halogenated alkanes) is 7. The molecule has 0 heterocycles. The fourth-order valence-corrected chi connectivity index (χ4v) is 2.82. The van der Waals surface area contributed by atoms with Crippen molar-refractivity contribution in [2.24, 2.45) is 0 Å². The fraction of sp³-hybridized carbons (Fsp3) is 0.684. The smallest absolute Gasteiger partial charge is 0.302 e. The van der Waals surface area contributed by atoms with Crippen LogP contribution in [0.15, 0.2) is 24.3 Å². The highest BCUT2D eigenvalue weighted by Crippen LogP contribution is 2.32. The second-order valence-electron chi connectivity index (χ2n) is 6.37. The van der Waals surface area contributed by atoms with E-state index in [2.05, 4.69) is 6.92 Å². The summed E-state index contributed by atoms with van der Waals surface area (Å²) in [5.41, 5.74) is -0.148. The molecule has 1 aromatic rings. The van der Waals surface area contributed by atoms with E-state index in [1.165, 1.54) is 50.7 Å². The van der Waals surface area contributed by atoms with Crippen molar-refractivity contribution in [1.29, 1.82) is 0 Å². The van der Waals surface area contributed by atoms with Crippen LogP contribution in [0, 0.1) is 0 Å². The number of hydrogen-bond acceptors (Lipinski definition) is 1.